The van der Waals surface area contributed by atoms with E-state index in [2.05, 4.69) is 79.9 Å². The van der Waals surface area contributed by atoms with Crippen molar-refractivity contribution in [2.45, 2.75) is 328 Å². The molecule has 0 saturated heterocycles. The summed E-state index contributed by atoms with van der Waals surface area (Å²) in [7, 11) is 0. The molecular formula is C65H119NO3. The third-order valence-corrected chi connectivity index (χ3v) is 13.9. The number of aliphatic hydroxyl groups is 2. The lowest BCUT2D eigenvalue weighted by molar-refractivity contribution is -0.123. The molecule has 0 aliphatic heterocycles. The van der Waals surface area contributed by atoms with E-state index in [-0.39, 0.29) is 12.5 Å². The second-order valence-electron chi connectivity index (χ2n) is 20.7. The van der Waals surface area contributed by atoms with E-state index >= 15 is 0 Å². The molecule has 0 fully saturated rings. The third-order valence-electron chi connectivity index (χ3n) is 13.9. The van der Waals surface area contributed by atoms with Crippen LogP contribution in [0.2, 0.25) is 0 Å². The first-order valence-electron chi connectivity index (χ1n) is 30.7. The predicted molar refractivity (Wildman–Crippen MR) is 308 cm³/mol. The van der Waals surface area contributed by atoms with Crippen LogP contribution in [0.25, 0.3) is 0 Å². The molecule has 0 heterocycles. The average molecular weight is 963 g/mol. The van der Waals surface area contributed by atoms with Crippen molar-refractivity contribution in [3.05, 3.63) is 72.9 Å². The number of allylic oxidation sites excluding steroid dienone is 11. The van der Waals surface area contributed by atoms with E-state index in [0.29, 0.717) is 6.42 Å². The highest BCUT2D eigenvalue weighted by molar-refractivity contribution is 5.76. The summed E-state index contributed by atoms with van der Waals surface area (Å²) < 4.78 is 0. The van der Waals surface area contributed by atoms with Crippen LogP contribution in [0.5, 0.6) is 0 Å². The van der Waals surface area contributed by atoms with Crippen LogP contribution in [0.15, 0.2) is 72.9 Å². The highest BCUT2D eigenvalue weighted by Crippen LogP contribution is 2.18. The minimum atomic E-state index is -0.848. The van der Waals surface area contributed by atoms with Gasteiger partial charge in [-0.05, 0) is 64.2 Å². The topological polar surface area (TPSA) is 69.6 Å². The van der Waals surface area contributed by atoms with Gasteiger partial charge in [-0.2, -0.15) is 0 Å². The molecule has 0 saturated carbocycles. The molecule has 0 aromatic carbocycles. The van der Waals surface area contributed by atoms with Crippen LogP contribution in [0.4, 0.5) is 0 Å². The first-order valence-corrected chi connectivity index (χ1v) is 30.7. The smallest absolute Gasteiger partial charge is 0.220 e. The first kappa shape index (κ1) is 66.8. The Hall–Kier alpha value is -2.17. The Morgan fingerprint density at radius 2 is 0.638 bits per heavy atom. The Kier molecular flexibility index (Phi) is 58.2. The SMILES string of the molecule is CC/C=C\C/C=C\C/C=C\C/C=C\C/C=C\CCCCCCCCCCCC(=O)NC(CO)C(O)/C=C/CCCCCCCCCCCCCCCCCCCCCCCCCCCCCCCC. The van der Waals surface area contributed by atoms with Gasteiger partial charge in [0.25, 0.3) is 0 Å². The van der Waals surface area contributed by atoms with Gasteiger partial charge in [-0.15, -0.1) is 0 Å². The number of carbonyl (C=O) groups is 1. The molecule has 1 amide bonds. The summed E-state index contributed by atoms with van der Waals surface area (Å²) in [5.74, 6) is -0.0694. The Balaban J connectivity index is 3.49. The summed E-state index contributed by atoms with van der Waals surface area (Å²) in [5, 5.41) is 23.2. The highest BCUT2D eigenvalue weighted by atomic mass is 16.3. The van der Waals surface area contributed by atoms with Gasteiger partial charge in [-0.1, -0.05) is 318 Å². The van der Waals surface area contributed by atoms with Gasteiger partial charge < -0.3 is 15.5 Å². The molecule has 2 unspecified atom stereocenters. The van der Waals surface area contributed by atoms with E-state index in [1.165, 1.54) is 238 Å². The molecule has 4 heteroatoms. The summed E-state index contributed by atoms with van der Waals surface area (Å²) in [6, 6.07) is -0.631. The third kappa shape index (κ3) is 56.6. The zero-order valence-electron chi connectivity index (χ0n) is 46.3. The number of unbranched alkanes of at least 4 members (excludes halogenated alkanes) is 39. The normalized spacial score (nSPS) is 13.3. The van der Waals surface area contributed by atoms with E-state index in [0.717, 1.165) is 57.8 Å². The standard InChI is InChI=1S/C65H119NO3/c1-3-5-7-9-11-13-15-17-19-21-23-25-27-29-30-31-32-33-34-35-37-38-40-42-44-46-48-50-52-54-56-58-60-64(68)63(62-67)66-65(69)61-59-57-55-53-51-49-47-45-43-41-39-36-28-26-24-22-20-18-16-14-12-10-8-6-4-2/h6,8,12,14,18,20,24,26,36,39,58,60,63-64,67-68H,3-5,7,9-11,13,15-17,19,21-23,25,27-35,37-38,40-57,59,61-62H2,1-2H3,(H,66,69)/b8-6-,14-12-,20-18-,26-24-,39-36-,60-58+. The molecule has 0 aromatic heterocycles. The molecule has 0 aliphatic carbocycles. The van der Waals surface area contributed by atoms with E-state index in [1.807, 2.05) is 6.08 Å². The number of hydrogen-bond donors (Lipinski definition) is 3. The molecule has 0 spiro atoms. The van der Waals surface area contributed by atoms with Crippen molar-refractivity contribution < 1.29 is 15.0 Å². The van der Waals surface area contributed by atoms with Crippen LogP contribution < -0.4 is 5.32 Å². The molecule has 0 aliphatic rings. The van der Waals surface area contributed by atoms with Gasteiger partial charge in [0.05, 0.1) is 18.8 Å². The number of rotatable bonds is 56. The quantitative estimate of drug-likeness (QED) is 0.0420. The highest BCUT2D eigenvalue weighted by Gasteiger charge is 2.18. The number of hydrogen-bond acceptors (Lipinski definition) is 3. The van der Waals surface area contributed by atoms with Crippen molar-refractivity contribution >= 4 is 5.91 Å². The van der Waals surface area contributed by atoms with Gasteiger partial charge in [0.2, 0.25) is 5.91 Å². The molecule has 4 nitrogen and oxygen atoms in total. The van der Waals surface area contributed by atoms with Gasteiger partial charge in [0, 0.05) is 6.42 Å². The van der Waals surface area contributed by atoms with Crippen molar-refractivity contribution in [2.75, 3.05) is 6.61 Å². The van der Waals surface area contributed by atoms with Crippen LogP contribution in [-0.2, 0) is 4.79 Å². The number of amides is 1. The first-order chi connectivity index (χ1) is 34.2. The fraction of sp³-hybridized carbons (Fsp3) is 0.800. The Morgan fingerprint density at radius 3 is 0.957 bits per heavy atom. The fourth-order valence-electron chi connectivity index (χ4n) is 9.33. The van der Waals surface area contributed by atoms with E-state index < -0.39 is 12.1 Å². The van der Waals surface area contributed by atoms with Crippen molar-refractivity contribution in [3.63, 3.8) is 0 Å². The van der Waals surface area contributed by atoms with Gasteiger partial charge in [0.1, 0.15) is 0 Å². The number of aliphatic hydroxyl groups excluding tert-OH is 2. The van der Waals surface area contributed by atoms with Crippen molar-refractivity contribution in [1.29, 1.82) is 0 Å². The van der Waals surface area contributed by atoms with Crippen molar-refractivity contribution in [3.8, 4) is 0 Å². The van der Waals surface area contributed by atoms with E-state index in [4.69, 9.17) is 0 Å². The van der Waals surface area contributed by atoms with Gasteiger partial charge in [-0.3, -0.25) is 4.79 Å². The lowest BCUT2D eigenvalue weighted by Crippen LogP contribution is -2.45. The van der Waals surface area contributed by atoms with Crippen LogP contribution in [-0.4, -0.2) is 34.9 Å². The number of carbonyl (C=O) groups excluding carboxylic acids is 1. The predicted octanol–water partition coefficient (Wildman–Crippen LogP) is 20.5. The maximum Gasteiger partial charge on any atom is 0.220 e. The summed E-state index contributed by atoms with van der Waals surface area (Å²) in [5.41, 5.74) is 0. The molecule has 402 valence electrons. The second-order valence-corrected chi connectivity index (χ2v) is 20.7. The maximum absolute atomic E-state index is 12.5. The molecule has 0 radical (unpaired) electrons. The van der Waals surface area contributed by atoms with E-state index in [1.54, 1.807) is 6.08 Å². The summed E-state index contributed by atoms with van der Waals surface area (Å²) in [4.78, 5) is 12.5. The lowest BCUT2D eigenvalue weighted by atomic mass is 10.0. The molecular weight excluding hydrogens is 843 g/mol. The Morgan fingerprint density at radius 1 is 0.362 bits per heavy atom. The van der Waals surface area contributed by atoms with Gasteiger partial charge in [0.15, 0.2) is 0 Å². The van der Waals surface area contributed by atoms with Crippen LogP contribution >= 0.6 is 0 Å². The fourth-order valence-corrected chi connectivity index (χ4v) is 9.33. The zero-order chi connectivity index (χ0) is 49.9. The van der Waals surface area contributed by atoms with Gasteiger partial charge in [-0.25, -0.2) is 0 Å². The van der Waals surface area contributed by atoms with Crippen molar-refractivity contribution in [1.82, 2.24) is 5.32 Å². The van der Waals surface area contributed by atoms with E-state index in [9.17, 15) is 15.0 Å². The zero-order valence-corrected chi connectivity index (χ0v) is 46.3. The molecule has 3 N–H and O–H groups in total. The molecule has 0 bridgehead atoms. The monoisotopic (exact) mass is 962 g/mol. The lowest BCUT2D eigenvalue weighted by Gasteiger charge is -2.20. The van der Waals surface area contributed by atoms with Gasteiger partial charge >= 0.3 is 0 Å². The van der Waals surface area contributed by atoms with Crippen LogP contribution in [0.1, 0.15) is 316 Å². The van der Waals surface area contributed by atoms with Crippen molar-refractivity contribution in [2.24, 2.45) is 0 Å². The molecule has 2 atom stereocenters. The number of nitrogens with one attached hydrogen (secondary N) is 1. The minimum Gasteiger partial charge on any atom is -0.394 e. The largest absolute Gasteiger partial charge is 0.394 e. The second kappa shape index (κ2) is 60.1. The summed E-state index contributed by atoms with van der Waals surface area (Å²) in [6.45, 7) is 4.22. The average Bonchev–Trinajstić information content (AvgIpc) is 3.35. The van der Waals surface area contributed by atoms with Crippen LogP contribution in [0, 0.1) is 0 Å². The Labute approximate surface area is 431 Å². The summed E-state index contributed by atoms with van der Waals surface area (Å²) in [6.07, 6.45) is 86.6. The van der Waals surface area contributed by atoms with Crippen LogP contribution in [0.3, 0.4) is 0 Å². The minimum absolute atomic E-state index is 0.0694. The summed E-state index contributed by atoms with van der Waals surface area (Å²) >= 11 is 0. The Bertz CT molecular complexity index is 1180. The molecule has 69 heavy (non-hydrogen) atoms. The molecule has 0 rings (SSSR count). The maximum atomic E-state index is 12.5. The molecule has 0 aromatic rings.